The SMILES string of the molecule is C[C@]1(c2ccc(CO)cc2)Cc2ccccc2C1=O. The minimum absolute atomic E-state index is 0.0329. The zero-order valence-corrected chi connectivity index (χ0v) is 10.9. The molecule has 0 heterocycles. The molecule has 2 aromatic carbocycles. The molecule has 3 rings (SSSR count). The number of benzene rings is 2. The molecule has 0 bridgehead atoms. The third kappa shape index (κ3) is 1.80. The number of fused-ring (bicyclic) bond motifs is 1. The first-order valence-corrected chi connectivity index (χ1v) is 6.48. The van der Waals surface area contributed by atoms with E-state index in [-0.39, 0.29) is 12.4 Å². The van der Waals surface area contributed by atoms with Crippen molar-refractivity contribution in [2.45, 2.75) is 25.4 Å². The second-order valence-corrected chi connectivity index (χ2v) is 5.35. The first kappa shape index (κ1) is 12.1. The van der Waals surface area contributed by atoms with Crippen LogP contribution in [0.5, 0.6) is 0 Å². The molecular formula is C17H16O2. The van der Waals surface area contributed by atoms with Crippen molar-refractivity contribution < 1.29 is 9.90 Å². The average molecular weight is 252 g/mol. The minimum Gasteiger partial charge on any atom is -0.392 e. The van der Waals surface area contributed by atoms with Crippen LogP contribution in [0.2, 0.25) is 0 Å². The Morgan fingerprint density at radius 2 is 1.79 bits per heavy atom. The largest absolute Gasteiger partial charge is 0.392 e. The van der Waals surface area contributed by atoms with Crippen LogP contribution in [0.15, 0.2) is 48.5 Å². The molecule has 0 amide bonds. The maximum absolute atomic E-state index is 12.6. The molecule has 0 fully saturated rings. The van der Waals surface area contributed by atoms with Crippen LogP contribution in [0, 0.1) is 0 Å². The molecular weight excluding hydrogens is 236 g/mol. The van der Waals surface area contributed by atoms with Crippen LogP contribution >= 0.6 is 0 Å². The molecule has 96 valence electrons. The van der Waals surface area contributed by atoms with E-state index >= 15 is 0 Å². The van der Waals surface area contributed by atoms with Crippen molar-refractivity contribution in [1.29, 1.82) is 0 Å². The van der Waals surface area contributed by atoms with Crippen molar-refractivity contribution in [3.05, 3.63) is 70.8 Å². The number of rotatable bonds is 2. The predicted octanol–water partition coefficient (Wildman–Crippen LogP) is 2.88. The van der Waals surface area contributed by atoms with Crippen LogP contribution in [0.25, 0.3) is 0 Å². The van der Waals surface area contributed by atoms with Crippen LogP contribution < -0.4 is 0 Å². The first-order chi connectivity index (χ1) is 9.15. The first-order valence-electron chi connectivity index (χ1n) is 6.48. The highest BCUT2D eigenvalue weighted by molar-refractivity contribution is 6.08. The van der Waals surface area contributed by atoms with Gasteiger partial charge in [0.05, 0.1) is 12.0 Å². The minimum atomic E-state index is -0.475. The van der Waals surface area contributed by atoms with Gasteiger partial charge < -0.3 is 5.11 Å². The molecule has 0 saturated carbocycles. The number of hydrogen-bond donors (Lipinski definition) is 1. The van der Waals surface area contributed by atoms with E-state index in [0.717, 1.165) is 28.7 Å². The molecule has 0 unspecified atom stereocenters. The fourth-order valence-electron chi connectivity index (χ4n) is 2.87. The molecule has 1 N–H and O–H groups in total. The molecule has 0 radical (unpaired) electrons. The fourth-order valence-corrected chi connectivity index (χ4v) is 2.87. The normalized spacial score (nSPS) is 21.5. The van der Waals surface area contributed by atoms with E-state index in [9.17, 15) is 4.79 Å². The van der Waals surface area contributed by atoms with Gasteiger partial charge >= 0.3 is 0 Å². The van der Waals surface area contributed by atoms with E-state index in [2.05, 4.69) is 0 Å². The van der Waals surface area contributed by atoms with Crippen molar-refractivity contribution in [2.24, 2.45) is 0 Å². The summed E-state index contributed by atoms with van der Waals surface area (Å²) < 4.78 is 0. The number of aliphatic hydroxyl groups excluding tert-OH is 1. The lowest BCUT2D eigenvalue weighted by atomic mass is 9.78. The van der Waals surface area contributed by atoms with Gasteiger partial charge in [-0.25, -0.2) is 0 Å². The van der Waals surface area contributed by atoms with Gasteiger partial charge in [0.25, 0.3) is 0 Å². The molecule has 0 saturated heterocycles. The second kappa shape index (κ2) is 4.32. The van der Waals surface area contributed by atoms with Crippen LogP contribution in [0.4, 0.5) is 0 Å². The molecule has 2 heteroatoms. The van der Waals surface area contributed by atoms with E-state index in [1.165, 1.54) is 0 Å². The number of carbonyl (C=O) groups excluding carboxylic acids is 1. The van der Waals surface area contributed by atoms with E-state index in [1.807, 2.05) is 55.5 Å². The lowest BCUT2D eigenvalue weighted by Gasteiger charge is -2.22. The Balaban J connectivity index is 2.03. The molecule has 2 nitrogen and oxygen atoms in total. The predicted molar refractivity (Wildman–Crippen MR) is 74.2 cm³/mol. The summed E-state index contributed by atoms with van der Waals surface area (Å²) in [6, 6.07) is 15.5. The van der Waals surface area contributed by atoms with Gasteiger partial charge in [-0.15, -0.1) is 0 Å². The van der Waals surface area contributed by atoms with E-state index in [1.54, 1.807) is 0 Å². The molecule has 2 aromatic rings. The van der Waals surface area contributed by atoms with Crippen LogP contribution in [0.1, 0.15) is 34.0 Å². The highest BCUT2D eigenvalue weighted by Gasteiger charge is 2.42. The maximum Gasteiger partial charge on any atom is 0.173 e. The summed E-state index contributed by atoms with van der Waals surface area (Å²) in [5.41, 5.74) is 3.39. The lowest BCUT2D eigenvalue weighted by molar-refractivity contribution is 0.0915. The van der Waals surface area contributed by atoms with E-state index in [4.69, 9.17) is 5.11 Å². The summed E-state index contributed by atoms with van der Waals surface area (Å²) in [6.45, 7) is 2.04. The Bertz CT molecular complexity index is 628. The highest BCUT2D eigenvalue weighted by Crippen LogP contribution is 2.39. The fraction of sp³-hybridized carbons (Fsp3) is 0.235. The molecule has 0 aliphatic heterocycles. The van der Waals surface area contributed by atoms with Crippen molar-refractivity contribution in [3.63, 3.8) is 0 Å². The Morgan fingerprint density at radius 1 is 1.11 bits per heavy atom. The zero-order valence-electron chi connectivity index (χ0n) is 10.9. The van der Waals surface area contributed by atoms with Gasteiger partial charge in [0, 0.05) is 5.56 Å². The number of aliphatic hydroxyl groups is 1. The smallest absolute Gasteiger partial charge is 0.173 e. The third-order valence-electron chi connectivity index (χ3n) is 4.08. The molecule has 19 heavy (non-hydrogen) atoms. The van der Waals surface area contributed by atoms with Gasteiger partial charge in [-0.05, 0) is 30.0 Å². The quantitative estimate of drug-likeness (QED) is 0.892. The number of ketones is 1. The Labute approximate surface area is 112 Å². The van der Waals surface area contributed by atoms with E-state index in [0.29, 0.717) is 0 Å². The summed E-state index contributed by atoms with van der Waals surface area (Å²) in [5, 5.41) is 9.09. The Kier molecular flexibility index (Phi) is 2.76. The Hall–Kier alpha value is -1.93. The number of carbonyl (C=O) groups is 1. The maximum atomic E-state index is 12.6. The third-order valence-corrected chi connectivity index (χ3v) is 4.08. The van der Waals surface area contributed by atoms with Crippen molar-refractivity contribution in [1.82, 2.24) is 0 Å². The van der Waals surface area contributed by atoms with Crippen molar-refractivity contribution in [2.75, 3.05) is 0 Å². The summed E-state index contributed by atoms with van der Waals surface area (Å²) in [4.78, 5) is 12.6. The van der Waals surface area contributed by atoms with Gasteiger partial charge in [-0.3, -0.25) is 4.79 Å². The summed E-state index contributed by atoms with van der Waals surface area (Å²) in [5.74, 6) is 0.194. The Morgan fingerprint density at radius 3 is 2.42 bits per heavy atom. The summed E-state index contributed by atoms with van der Waals surface area (Å²) in [7, 11) is 0. The standard InChI is InChI=1S/C17H16O2/c1-17(14-8-6-12(11-18)7-9-14)10-13-4-2-3-5-15(13)16(17)19/h2-9,18H,10-11H2,1H3/t17-/m1/s1. The summed E-state index contributed by atoms with van der Waals surface area (Å²) in [6.07, 6.45) is 0.750. The average Bonchev–Trinajstić information content (AvgIpc) is 2.72. The number of Topliss-reactive ketones (excluding diaryl/α,β-unsaturated/α-hetero) is 1. The monoisotopic (exact) mass is 252 g/mol. The highest BCUT2D eigenvalue weighted by atomic mass is 16.3. The molecule has 0 aromatic heterocycles. The van der Waals surface area contributed by atoms with Crippen LogP contribution in [-0.2, 0) is 18.4 Å². The molecule has 0 spiro atoms. The van der Waals surface area contributed by atoms with Crippen molar-refractivity contribution in [3.8, 4) is 0 Å². The number of hydrogen-bond acceptors (Lipinski definition) is 2. The van der Waals surface area contributed by atoms with Crippen LogP contribution in [0.3, 0.4) is 0 Å². The van der Waals surface area contributed by atoms with Gasteiger partial charge in [0.1, 0.15) is 0 Å². The molecule has 1 aliphatic carbocycles. The van der Waals surface area contributed by atoms with E-state index < -0.39 is 5.41 Å². The van der Waals surface area contributed by atoms with Gasteiger partial charge in [0.15, 0.2) is 5.78 Å². The zero-order chi connectivity index (χ0) is 13.5. The topological polar surface area (TPSA) is 37.3 Å². The summed E-state index contributed by atoms with van der Waals surface area (Å²) >= 11 is 0. The van der Waals surface area contributed by atoms with Gasteiger partial charge in [0.2, 0.25) is 0 Å². The van der Waals surface area contributed by atoms with Gasteiger partial charge in [-0.2, -0.15) is 0 Å². The second-order valence-electron chi connectivity index (χ2n) is 5.35. The molecule has 1 atom stereocenters. The lowest BCUT2D eigenvalue weighted by Crippen LogP contribution is -2.29. The van der Waals surface area contributed by atoms with Crippen molar-refractivity contribution >= 4 is 5.78 Å². The van der Waals surface area contributed by atoms with Gasteiger partial charge in [-0.1, -0.05) is 48.5 Å². The molecule has 1 aliphatic rings. The van der Waals surface area contributed by atoms with Crippen LogP contribution in [-0.4, -0.2) is 10.9 Å².